The average Bonchev–Trinajstić information content (AvgIpc) is 3.39. The van der Waals surface area contributed by atoms with Crippen molar-refractivity contribution in [1.82, 2.24) is 24.5 Å². The third-order valence-electron chi connectivity index (χ3n) is 6.81. The van der Waals surface area contributed by atoms with Gasteiger partial charge in [-0.2, -0.15) is 0 Å². The predicted molar refractivity (Wildman–Crippen MR) is 147 cm³/mol. The first-order chi connectivity index (χ1) is 18.2. The second kappa shape index (κ2) is 9.17. The molecule has 0 amide bonds. The Hall–Kier alpha value is -4.51. The Morgan fingerprint density at radius 1 is 0.730 bits per heavy atom. The second-order valence-corrected chi connectivity index (χ2v) is 8.79. The van der Waals surface area contributed by atoms with Crippen LogP contribution in [-0.4, -0.2) is 37.6 Å². The minimum Gasteiger partial charge on any atom is -0.309 e. The highest BCUT2D eigenvalue weighted by Crippen LogP contribution is 2.39. The number of allylic oxidation sites excluding steroid dienone is 1. The molecule has 2 aromatic carbocycles. The number of nitrogens with zero attached hydrogens (tertiary/aromatic N) is 8. The zero-order valence-electron chi connectivity index (χ0n) is 21.6. The predicted octanol–water partition coefficient (Wildman–Crippen LogP) is 4.41. The molecule has 37 heavy (non-hydrogen) atoms. The van der Waals surface area contributed by atoms with Gasteiger partial charge in [-0.3, -0.25) is 0 Å². The van der Waals surface area contributed by atoms with E-state index in [2.05, 4.69) is 58.5 Å². The van der Waals surface area contributed by atoms with E-state index in [1.54, 1.807) is 0 Å². The lowest BCUT2D eigenvalue weighted by atomic mass is 10.3. The van der Waals surface area contributed by atoms with Crippen LogP contribution in [0, 0.1) is 11.8 Å². The molecule has 184 valence electrons. The lowest BCUT2D eigenvalue weighted by Crippen LogP contribution is -2.36. The van der Waals surface area contributed by atoms with Crippen molar-refractivity contribution in [3.63, 3.8) is 0 Å². The summed E-state index contributed by atoms with van der Waals surface area (Å²) in [7, 11) is 0. The number of fused-ring (bicyclic) bond motifs is 4. The molecule has 6 rings (SSSR count). The van der Waals surface area contributed by atoms with Crippen LogP contribution >= 0.6 is 0 Å². The maximum atomic E-state index is 4.94. The Morgan fingerprint density at radius 3 is 1.78 bits per heavy atom. The van der Waals surface area contributed by atoms with E-state index >= 15 is 0 Å². The SMILES string of the molecule is CCN1C(=CC#Cc2n(CC)c3nc4ccccc4nc3[n+]2CC)N(CC)c2nc3ccccc3nc21. The summed E-state index contributed by atoms with van der Waals surface area (Å²) in [5.41, 5.74) is 5.29. The van der Waals surface area contributed by atoms with Crippen molar-refractivity contribution in [1.29, 1.82) is 0 Å². The Balaban J connectivity index is 1.48. The number of anilines is 2. The molecule has 0 atom stereocenters. The van der Waals surface area contributed by atoms with E-state index in [0.29, 0.717) is 0 Å². The maximum absolute atomic E-state index is 4.94. The van der Waals surface area contributed by atoms with Gasteiger partial charge >= 0.3 is 5.65 Å². The zero-order chi connectivity index (χ0) is 25.5. The number of aryl methyl sites for hydroxylation is 2. The largest absolute Gasteiger partial charge is 0.323 e. The Morgan fingerprint density at radius 2 is 1.27 bits per heavy atom. The summed E-state index contributed by atoms with van der Waals surface area (Å²) < 4.78 is 4.30. The topological polar surface area (TPSA) is 66.9 Å². The van der Waals surface area contributed by atoms with Crippen molar-refractivity contribution in [3.05, 3.63) is 66.3 Å². The minimum atomic E-state index is 0.755. The van der Waals surface area contributed by atoms with E-state index < -0.39 is 0 Å². The molecule has 0 spiro atoms. The first-order valence-electron chi connectivity index (χ1n) is 12.9. The molecule has 5 aromatic rings. The molecule has 3 aromatic heterocycles. The van der Waals surface area contributed by atoms with E-state index in [1.165, 1.54) is 0 Å². The van der Waals surface area contributed by atoms with Crippen LogP contribution in [0.15, 0.2) is 60.4 Å². The van der Waals surface area contributed by atoms with Gasteiger partial charge in [0.05, 0.1) is 24.1 Å². The molecule has 0 fully saturated rings. The molecule has 1 aliphatic rings. The van der Waals surface area contributed by atoms with Gasteiger partial charge in [-0.05, 0) is 52.0 Å². The molecule has 0 saturated carbocycles. The minimum absolute atomic E-state index is 0.755. The Labute approximate surface area is 215 Å². The van der Waals surface area contributed by atoms with E-state index in [9.17, 15) is 0 Å². The molecule has 0 radical (unpaired) electrons. The number of hydrogen-bond acceptors (Lipinski definition) is 6. The first kappa shape index (κ1) is 22.9. The van der Waals surface area contributed by atoms with Crippen LogP contribution in [0.1, 0.15) is 33.5 Å². The van der Waals surface area contributed by atoms with Gasteiger partial charge in [0, 0.05) is 25.1 Å². The first-order valence-corrected chi connectivity index (χ1v) is 12.9. The van der Waals surface area contributed by atoms with Crippen molar-refractivity contribution in [2.24, 2.45) is 0 Å². The van der Waals surface area contributed by atoms with Crippen LogP contribution < -0.4 is 14.4 Å². The van der Waals surface area contributed by atoms with Crippen LogP contribution in [-0.2, 0) is 13.1 Å². The van der Waals surface area contributed by atoms with Crippen molar-refractivity contribution in [3.8, 4) is 11.8 Å². The molecule has 0 unspecified atom stereocenters. The molecular weight excluding hydrogens is 460 g/mol. The molecule has 0 N–H and O–H groups in total. The smallest absolute Gasteiger partial charge is 0.309 e. The summed E-state index contributed by atoms with van der Waals surface area (Å²) in [6, 6.07) is 16.0. The summed E-state index contributed by atoms with van der Waals surface area (Å²) in [5.74, 6) is 10.4. The summed E-state index contributed by atoms with van der Waals surface area (Å²) in [6.07, 6.45) is 1.98. The lowest BCUT2D eigenvalue weighted by molar-refractivity contribution is -0.672. The van der Waals surface area contributed by atoms with Crippen molar-refractivity contribution < 1.29 is 4.57 Å². The van der Waals surface area contributed by atoms with Gasteiger partial charge in [-0.15, -0.1) is 0 Å². The molecule has 4 heterocycles. The molecule has 0 saturated heterocycles. The van der Waals surface area contributed by atoms with Crippen molar-refractivity contribution >= 4 is 45.0 Å². The molecule has 0 bridgehead atoms. The lowest BCUT2D eigenvalue weighted by Gasteiger charge is -2.21. The van der Waals surface area contributed by atoms with Crippen LogP contribution in [0.5, 0.6) is 0 Å². The van der Waals surface area contributed by atoms with Gasteiger partial charge in [-0.1, -0.05) is 35.2 Å². The summed E-state index contributed by atoms with van der Waals surface area (Å²) in [4.78, 5) is 24.1. The van der Waals surface area contributed by atoms with Gasteiger partial charge in [0.1, 0.15) is 11.3 Å². The summed E-state index contributed by atoms with van der Waals surface area (Å²) in [5, 5.41) is 0. The normalized spacial score (nSPS) is 12.9. The fourth-order valence-electron chi connectivity index (χ4n) is 5.07. The van der Waals surface area contributed by atoms with Gasteiger partial charge in [-0.25, -0.2) is 24.1 Å². The maximum Gasteiger partial charge on any atom is 0.323 e. The Bertz CT molecular complexity index is 1640. The van der Waals surface area contributed by atoms with Gasteiger partial charge in [0.15, 0.2) is 17.2 Å². The zero-order valence-corrected chi connectivity index (χ0v) is 21.6. The Kier molecular flexibility index (Phi) is 5.68. The van der Waals surface area contributed by atoms with Crippen LogP contribution in [0.4, 0.5) is 11.6 Å². The molecule has 8 nitrogen and oxygen atoms in total. The number of hydrogen-bond donors (Lipinski definition) is 0. The van der Waals surface area contributed by atoms with Gasteiger partial charge in [0.25, 0.3) is 11.5 Å². The highest BCUT2D eigenvalue weighted by atomic mass is 15.4. The standard InChI is InChI=1S/C29H29N8/c1-5-34-24(35(6-2)27-26(34)30-20-14-9-10-15-21(20)31-27)18-13-19-25-36(7-3)28-29(37(25)8-4)33-23-17-12-11-16-22(23)32-28/h9-12,14-18H,5-8H2,1-4H3/q+1. The molecular formula is C29H29N8+. The highest BCUT2D eigenvalue weighted by Gasteiger charge is 2.32. The number of rotatable bonds is 4. The number of imidazole rings is 1. The number of aromatic nitrogens is 6. The fraction of sp³-hybridized carbons (Fsp3) is 0.276. The molecule has 1 aliphatic heterocycles. The monoisotopic (exact) mass is 489 g/mol. The van der Waals surface area contributed by atoms with Gasteiger partial charge < -0.3 is 9.80 Å². The molecule has 8 heteroatoms. The quantitative estimate of drug-likeness (QED) is 0.275. The van der Waals surface area contributed by atoms with Crippen molar-refractivity contribution in [2.75, 3.05) is 22.9 Å². The summed E-state index contributed by atoms with van der Waals surface area (Å²) >= 11 is 0. The van der Waals surface area contributed by atoms with Crippen LogP contribution in [0.25, 0.3) is 33.4 Å². The van der Waals surface area contributed by atoms with Gasteiger partial charge in [0.2, 0.25) is 0 Å². The van der Waals surface area contributed by atoms with E-state index in [4.69, 9.17) is 19.9 Å². The van der Waals surface area contributed by atoms with E-state index in [1.807, 2.05) is 54.6 Å². The number of para-hydroxylation sites is 4. The van der Waals surface area contributed by atoms with E-state index in [0.717, 1.165) is 82.8 Å². The number of benzene rings is 2. The summed E-state index contributed by atoms with van der Waals surface area (Å²) in [6.45, 7) is 11.5. The van der Waals surface area contributed by atoms with Crippen LogP contribution in [0.3, 0.4) is 0 Å². The van der Waals surface area contributed by atoms with Crippen molar-refractivity contribution in [2.45, 2.75) is 40.8 Å². The second-order valence-electron chi connectivity index (χ2n) is 8.79. The fourth-order valence-corrected chi connectivity index (χ4v) is 5.07. The molecule has 0 aliphatic carbocycles. The average molecular weight is 490 g/mol. The third-order valence-corrected chi connectivity index (χ3v) is 6.81. The van der Waals surface area contributed by atoms with E-state index in [-0.39, 0.29) is 0 Å². The van der Waals surface area contributed by atoms with Crippen LogP contribution in [0.2, 0.25) is 0 Å². The third kappa shape index (κ3) is 3.58. The highest BCUT2D eigenvalue weighted by molar-refractivity contribution is 5.86.